The number of hydrogen-bond acceptors (Lipinski definition) is 4. The number of halogens is 2. The van der Waals surface area contributed by atoms with E-state index in [1.807, 2.05) is 24.3 Å². The lowest BCUT2D eigenvalue weighted by Gasteiger charge is -2.20. The van der Waals surface area contributed by atoms with Crippen LogP contribution in [0.4, 0.5) is 8.78 Å². The smallest absolute Gasteiger partial charge is 0.137 e. The third-order valence-corrected chi connectivity index (χ3v) is 6.80. The fraction of sp³-hybridized carbons (Fsp3) is 0.156. The lowest BCUT2D eigenvalue weighted by molar-refractivity contribution is -0.118. The molecule has 1 N–H and O–H groups in total. The Kier molecular flexibility index (Phi) is 7.10. The van der Waals surface area contributed by atoms with Gasteiger partial charge in [-0.2, -0.15) is 5.26 Å². The van der Waals surface area contributed by atoms with Gasteiger partial charge >= 0.3 is 0 Å². The van der Waals surface area contributed by atoms with Crippen LogP contribution in [0.3, 0.4) is 0 Å². The molecule has 1 heterocycles. The van der Waals surface area contributed by atoms with E-state index >= 15 is 0 Å². The van der Waals surface area contributed by atoms with E-state index in [4.69, 9.17) is 0 Å². The number of aromatic hydroxyl groups is 1. The molecule has 3 aromatic carbocycles. The van der Waals surface area contributed by atoms with Gasteiger partial charge in [0.05, 0.1) is 17.3 Å². The van der Waals surface area contributed by atoms with Crippen molar-refractivity contribution in [2.75, 3.05) is 0 Å². The van der Waals surface area contributed by atoms with Gasteiger partial charge in [-0.1, -0.05) is 30.3 Å². The van der Waals surface area contributed by atoms with Crippen LogP contribution in [0, 0.1) is 23.0 Å². The third kappa shape index (κ3) is 5.52. The molecule has 4 nitrogen and oxygen atoms in total. The monoisotopic (exact) mass is 506 g/mol. The van der Waals surface area contributed by atoms with Gasteiger partial charge in [0.15, 0.2) is 0 Å². The van der Waals surface area contributed by atoms with Crippen LogP contribution >= 0.6 is 0 Å². The maximum absolute atomic E-state index is 14.0. The van der Waals surface area contributed by atoms with Crippen molar-refractivity contribution < 1.29 is 18.7 Å². The van der Waals surface area contributed by atoms with Gasteiger partial charge in [0.25, 0.3) is 0 Å². The van der Waals surface area contributed by atoms with Gasteiger partial charge < -0.3 is 5.11 Å². The maximum atomic E-state index is 14.0. The first-order valence-electron chi connectivity index (χ1n) is 12.3. The molecule has 4 aromatic rings. The summed E-state index contributed by atoms with van der Waals surface area (Å²) in [4.78, 5) is 18.0. The highest BCUT2D eigenvalue weighted by atomic mass is 19.1. The molecule has 188 valence electrons. The molecule has 1 aliphatic carbocycles. The quantitative estimate of drug-likeness (QED) is 0.282. The van der Waals surface area contributed by atoms with Crippen molar-refractivity contribution in [2.24, 2.45) is 0 Å². The Labute approximate surface area is 219 Å². The first-order valence-corrected chi connectivity index (χ1v) is 12.3. The molecular weight excluding hydrogens is 482 g/mol. The van der Waals surface area contributed by atoms with E-state index in [-0.39, 0.29) is 30.8 Å². The number of phenols is 1. The highest BCUT2D eigenvalue weighted by molar-refractivity contribution is 5.92. The summed E-state index contributed by atoms with van der Waals surface area (Å²) in [5.41, 5.74) is 5.87. The summed E-state index contributed by atoms with van der Waals surface area (Å²) in [5.74, 6) is -1.72. The minimum atomic E-state index is -0.680. The highest BCUT2D eigenvalue weighted by Gasteiger charge is 2.24. The Balaban J connectivity index is 1.48. The van der Waals surface area contributed by atoms with Crippen LogP contribution in [-0.2, 0) is 17.6 Å². The Morgan fingerprint density at radius 1 is 1.00 bits per heavy atom. The number of pyridine rings is 1. The van der Waals surface area contributed by atoms with Crippen molar-refractivity contribution in [2.45, 2.75) is 31.6 Å². The number of aromatic nitrogens is 1. The van der Waals surface area contributed by atoms with Crippen LogP contribution < -0.4 is 0 Å². The number of benzene rings is 3. The van der Waals surface area contributed by atoms with E-state index in [1.165, 1.54) is 12.1 Å². The largest absolute Gasteiger partial charge is 0.508 e. The number of phenolic OH excluding ortho intramolecular Hbond substituents is 1. The van der Waals surface area contributed by atoms with Crippen LogP contribution in [0.2, 0.25) is 0 Å². The zero-order chi connectivity index (χ0) is 26.6. The number of nitriles is 1. The van der Waals surface area contributed by atoms with Crippen molar-refractivity contribution in [3.05, 3.63) is 125 Å². The van der Waals surface area contributed by atoms with Gasteiger partial charge in [-0.05, 0) is 83.1 Å². The highest BCUT2D eigenvalue weighted by Crippen LogP contribution is 2.36. The number of fused-ring (bicyclic) bond motifs is 1. The normalized spacial score (nSPS) is 12.9. The van der Waals surface area contributed by atoms with Gasteiger partial charge in [-0.15, -0.1) is 0 Å². The number of ketones is 1. The van der Waals surface area contributed by atoms with Crippen molar-refractivity contribution >= 4 is 11.4 Å². The number of rotatable bonds is 8. The van der Waals surface area contributed by atoms with Crippen LogP contribution in [0.25, 0.3) is 16.7 Å². The zero-order valence-corrected chi connectivity index (χ0v) is 20.5. The number of carbonyl (C=O) groups excluding carboxylic acids is 1. The van der Waals surface area contributed by atoms with Gasteiger partial charge in [0.1, 0.15) is 23.2 Å². The molecule has 1 aromatic heterocycles. The van der Waals surface area contributed by atoms with E-state index in [9.17, 15) is 23.9 Å². The second kappa shape index (κ2) is 10.8. The lowest BCUT2D eigenvalue weighted by Crippen LogP contribution is -2.13. The molecule has 0 spiro atoms. The minimum absolute atomic E-state index is 0.0447. The number of carbonyl (C=O) groups is 1. The van der Waals surface area contributed by atoms with E-state index in [0.717, 1.165) is 33.9 Å². The molecule has 1 aliphatic rings. The maximum Gasteiger partial charge on any atom is 0.137 e. The molecule has 6 heteroatoms. The molecule has 0 fully saturated rings. The molecule has 0 unspecified atom stereocenters. The fourth-order valence-electron chi connectivity index (χ4n) is 5.13. The second-order valence-electron chi connectivity index (χ2n) is 9.50. The Morgan fingerprint density at radius 3 is 2.61 bits per heavy atom. The summed E-state index contributed by atoms with van der Waals surface area (Å²) in [7, 11) is 0. The van der Waals surface area contributed by atoms with Gasteiger partial charge in [-0.3, -0.25) is 9.78 Å². The Morgan fingerprint density at radius 2 is 1.82 bits per heavy atom. The van der Waals surface area contributed by atoms with Crippen molar-refractivity contribution in [3.8, 4) is 22.9 Å². The van der Waals surface area contributed by atoms with Gasteiger partial charge in [0, 0.05) is 36.6 Å². The second-order valence-corrected chi connectivity index (χ2v) is 9.50. The van der Waals surface area contributed by atoms with Crippen LogP contribution in [-0.4, -0.2) is 15.9 Å². The molecule has 0 saturated heterocycles. The number of Topliss-reactive ketones (excluding diaryl/α,β-unsaturated/α-hetero) is 1. The molecule has 5 rings (SSSR count). The number of nitrogens with zero attached hydrogens (tertiary/aromatic N) is 2. The third-order valence-electron chi connectivity index (χ3n) is 6.80. The van der Waals surface area contributed by atoms with Crippen LogP contribution in [0.5, 0.6) is 5.75 Å². The summed E-state index contributed by atoms with van der Waals surface area (Å²) in [5, 5.41) is 19.3. The van der Waals surface area contributed by atoms with Crippen molar-refractivity contribution in [3.63, 3.8) is 0 Å². The summed E-state index contributed by atoms with van der Waals surface area (Å²) >= 11 is 0. The Hall–Kier alpha value is -4.63. The topological polar surface area (TPSA) is 74.0 Å². The summed E-state index contributed by atoms with van der Waals surface area (Å²) in [6.45, 7) is 0. The van der Waals surface area contributed by atoms with E-state index < -0.39 is 17.6 Å². The number of hydrogen-bond donors (Lipinski definition) is 1. The Bertz CT molecular complexity index is 1580. The van der Waals surface area contributed by atoms with Crippen LogP contribution in [0.1, 0.15) is 46.7 Å². The summed E-state index contributed by atoms with van der Waals surface area (Å²) in [6.07, 6.45) is 4.82. The lowest BCUT2D eigenvalue weighted by atomic mass is 9.85. The van der Waals surface area contributed by atoms with E-state index in [2.05, 4.69) is 11.1 Å². The average Bonchev–Trinajstić information content (AvgIpc) is 3.29. The number of allylic oxidation sites excluding steroid dienone is 2. The molecule has 0 amide bonds. The molecule has 38 heavy (non-hydrogen) atoms. The molecule has 0 radical (unpaired) electrons. The molecule has 0 aliphatic heterocycles. The minimum Gasteiger partial charge on any atom is -0.508 e. The van der Waals surface area contributed by atoms with E-state index in [1.54, 1.807) is 42.6 Å². The predicted octanol–water partition coefficient (Wildman–Crippen LogP) is 6.92. The standard InChI is InChI=1S/C32H24F2N2O2/c33-26-13-21(14-27(34)17-26)12-25(16-29(38)15-24-7-6-22-8-9-28(37)18-31(22)24)32-30(5-2-10-36-32)23-4-1-3-20(11-23)19-35/h1-5,7-11,13-14,17-18,25,37H,6,12,15-16H2/t25-/m1/s1. The molecule has 0 saturated carbocycles. The van der Waals surface area contributed by atoms with E-state index in [0.29, 0.717) is 23.2 Å². The zero-order valence-electron chi connectivity index (χ0n) is 20.5. The SMILES string of the molecule is N#Cc1cccc(-c2cccnc2[C@@H](CC(=O)CC2=CCc3ccc(O)cc32)Cc2cc(F)cc(F)c2)c1. The first-order chi connectivity index (χ1) is 18.4. The van der Waals surface area contributed by atoms with Gasteiger partial charge in [0.2, 0.25) is 0 Å². The van der Waals surface area contributed by atoms with Crippen molar-refractivity contribution in [1.29, 1.82) is 5.26 Å². The van der Waals surface area contributed by atoms with Crippen LogP contribution in [0.15, 0.2) is 85.1 Å². The first kappa shape index (κ1) is 25.0. The fourth-order valence-corrected chi connectivity index (χ4v) is 5.13. The summed E-state index contributed by atoms with van der Waals surface area (Å²) < 4.78 is 28.1. The van der Waals surface area contributed by atoms with Crippen molar-refractivity contribution in [1.82, 2.24) is 4.98 Å². The van der Waals surface area contributed by atoms with Gasteiger partial charge in [-0.25, -0.2) is 8.78 Å². The molecule has 1 atom stereocenters. The average molecular weight is 507 g/mol. The molecular formula is C32H24F2N2O2. The molecule has 0 bridgehead atoms. The summed E-state index contributed by atoms with van der Waals surface area (Å²) in [6, 6.07) is 21.5. The predicted molar refractivity (Wildman–Crippen MR) is 141 cm³/mol.